The highest BCUT2D eigenvalue weighted by molar-refractivity contribution is 7.99. The number of nitrogens with zero attached hydrogens (tertiary/aromatic N) is 4. The second-order valence-corrected chi connectivity index (χ2v) is 11.2. The van der Waals surface area contributed by atoms with E-state index in [1.807, 2.05) is 31.2 Å². The van der Waals surface area contributed by atoms with Crippen molar-refractivity contribution in [3.8, 4) is 10.6 Å². The molecule has 4 aromatic rings. The van der Waals surface area contributed by atoms with Crippen LogP contribution < -0.4 is 10.9 Å². The number of carbonyl (C=O) groups excluding carboxylic acids is 1. The summed E-state index contributed by atoms with van der Waals surface area (Å²) in [6, 6.07) is 7.94. The van der Waals surface area contributed by atoms with Gasteiger partial charge in [0.15, 0.2) is 5.16 Å². The van der Waals surface area contributed by atoms with Crippen LogP contribution in [0.15, 0.2) is 46.9 Å². The maximum atomic E-state index is 13.4. The number of aryl methyl sites for hydroxylation is 3. The normalized spacial score (nSPS) is 13.4. The lowest BCUT2D eigenvalue weighted by Crippen LogP contribution is -2.24. The molecule has 1 aliphatic carbocycles. The molecule has 10 heteroatoms. The molecule has 0 saturated carbocycles. The summed E-state index contributed by atoms with van der Waals surface area (Å²) in [7, 11) is 0. The van der Waals surface area contributed by atoms with Gasteiger partial charge in [0, 0.05) is 17.0 Å². The van der Waals surface area contributed by atoms with Crippen molar-refractivity contribution in [3.63, 3.8) is 0 Å². The van der Waals surface area contributed by atoms with Crippen LogP contribution in [0.3, 0.4) is 0 Å². The summed E-state index contributed by atoms with van der Waals surface area (Å²) >= 11 is 4.12. The Labute approximate surface area is 215 Å². The van der Waals surface area contributed by atoms with Gasteiger partial charge in [0.1, 0.15) is 9.84 Å². The summed E-state index contributed by atoms with van der Waals surface area (Å²) in [4.78, 5) is 37.4. The van der Waals surface area contributed by atoms with E-state index < -0.39 is 0 Å². The number of anilines is 1. The number of thiophene rings is 1. The van der Waals surface area contributed by atoms with Crippen LogP contribution in [-0.2, 0) is 24.2 Å². The number of hydrogen-bond donors (Lipinski definition) is 1. The molecule has 7 nitrogen and oxygen atoms in total. The van der Waals surface area contributed by atoms with Crippen molar-refractivity contribution in [2.24, 2.45) is 0 Å². The lowest BCUT2D eigenvalue weighted by Gasteiger charge is -2.10. The number of aromatic nitrogens is 4. The Morgan fingerprint density at radius 3 is 2.89 bits per heavy atom. The number of hydrogen-bond acceptors (Lipinski definition) is 8. The van der Waals surface area contributed by atoms with Crippen LogP contribution in [0.2, 0.25) is 0 Å². The van der Waals surface area contributed by atoms with Gasteiger partial charge in [-0.05, 0) is 55.3 Å². The minimum atomic E-state index is -0.245. The van der Waals surface area contributed by atoms with Crippen molar-refractivity contribution in [3.05, 3.63) is 63.3 Å². The molecule has 0 atom stereocenters. The van der Waals surface area contributed by atoms with Crippen LogP contribution in [0.5, 0.6) is 0 Å². The van der Waals surface area contributed by atoms with E-state index >= 15 is 0 Å². The van der Waals surface area contributed by atoms with E-state index in [9.17, 15) is 9.59 Å². The predicted molar refractivity (Wildman–Crippen MR) is 145 cm³/mol. The van der Waals surface area contributed by atoms with Crippen LogP contribution in [-0.4, -0.2) is 30.6 Å². The minimum absolute atomic E-state index is 0.0405. The molecule has 1 aromatic carbocycles. The summed E-state index contributed by atoms with van der Waals surface area (Å²) in [5.74, 6) is 0.136. The van der Waals surface area contributed by atoms with Gasteiger partial charge < -0.3 is 0 Å². The van der Waals surface area contributed by atoms with E-state index in [-0.39, 0.29) is 23.2 Å². The Hall–Kier alpha value is -2.82. The molecule has 3 heterocycles. The Balaban J connectivity index is 1.34. The van der Waals surface area contributed by atoms with E-state index in [1.54, 1.807) is 22.0 Å². The van der Waals surface area contributed by atoms with Crippen molar-refractivity contribution < 1.29 is 4.79 Å². The monoisotopic (exact) mass is 523 g/mol. The van der Waals surface area contributed by atoms with Crippen molar-refractivity contribution in [2.75, 3.05) is 11.1 Å². The zero-order valence-electron chi connectivity index (χ0n) is 19.4. The smallest absolute Gasteiger partial charge is 0.263 e. The third-order valence-electron chi connectivity index (χ3n) is 5.99. The molecule has 0 aliphatic heterocycles. The second kappa shape index (κ2) is 10.4. The number of rotatable bonds is 7. The third kappa shape index (κ3) is 4.96. The SMILES string of the molecule is C=CCn1c(SCC(=O)Nc2nsc(-c3ccccc3C)n2)nc2sc3c(c2c1=O)CCCCC3. The van der Waals surface area contributed by atoms with Crippen molar-refractivity contribution in [1.29, 1.82) is 0 Å². The first-order valence-electron chi connectivity index (χ1n) is 11.5. The van der Waals surface area contributed by atoms with Crippen LogP contribution in [0.4, 0.5) is 5.95 Å². The molecule has 3 aromatic heterocycles. The first-order chi connectivity index (χ1) is 17.0. The second-order valence-electron chi connectivity index (χ2n) is 8.42. The zero-order valence-corrected chi connectivity index (χ0v) is 21.8. The van der Waals surface area contributed by atoms with Crippen LogP contribution >= 0.6 is 34.6 Å². The van der Waals surface area contributed by atoms with Crippen LogP contribution in [0.25, 0.3) is 20.8 Å². The summed E-state index contributed by atoms with van der Waals surface area (Å²) < 4.78 is 5.91. The van der Waals surface area contributed by atoms with Gasteiger partial charge in [0.25, 0.3) is 5.56 Å². The Kier molecular flexibility index (Phi) is 7.12. The molecule has 0 unspecified atom stereocenters. The fourth-order valence-corrected chi connectivity index (χ4v) is 7.11. The van der Waals surface area contributed by atoms with Gasteiger partial charge in [-0.3, -0.25) is 19.5 Å². The molecule has 0 spiro atoms. The van der Waals surface area contributed by atoms with Gasteiger partial charge in [-0.25, -0.2) is 4.98 Å². The van der Waals surface area contributed by atoms with Crippen LogP contribution in [0.1, 0.15) is 35.3 Å². The molecule has 1 N–H and O–H groups in total. The molecule has 5 rings (SSSR count). The summed E-state index contributed by atoms with van der Waals surface area (Å²) in [6.07, 6.45) is 7.08. The number of thioether (sulfide) groups is 1. The summed E-state index contributed by atoms with van der Waals surface area (Å²) in [5.41, 5.74) is 3.23. The van der Waals surface area contributed by atoms with E-state index in [1.165, 1.54) is 40.2 Å². The number of nitrogens with one attached hydrogen (secondary N) is 1. The Bertz CT molecular complexity index is 1470. The molecule has 1 aliphatic rings. The molecular weight excluding hydrogens is 499 g/mol. The summed E-state index contributed by atoms with van der Waals surface area (Å²) in [5, 5.41) is 4.80. The van der Waals surface area contributed by atoms with Crippen molar-refractivity contribution in [2.45, 2.75) is 50.7 Å². The number of allylic oxidation sites excluding steroid dienone is 1. The highest BCUT2D eigenvalue weighted by Crippen LogP contribution is 2.34. The summed E-state index contributed by atoms with van der Waals surface area (Å²) in [6.45, 7) is 6.17. The molecular formula is C25H25N5O2S3. The average Bonchev–Trinajstić information content (AvgIpc) is 3.37. The third-order valence-corrected chi connectivity index (χ3v) is 8.90. The minimum Gasteiger partial charge on any atom is -0.293 e. The average molecular weight is 524 g/mol. The lowest BCUT2D eigenvalue weighted by molar-refractivity contribution is -0.113. The molecule has 1 amide bonds. The maximum absolute atomic E-state index is 13.4. The molecule has 0 saturated heterocycles. The number of carbonyl (C=O) groups is 1. The van der Waals surface area contributed by atoms with E-state index in [0.717, 1.165) is 52.0 Å². The highest BCUT2D eigenvalue weighted by atomic mass is 32.2. The highest BCUT2D eigenvalue weighted by Gasteiger charge is 2.22. The molecule has 180 valence electrons. The lowest BCUT2D eigenvalue weighted by atomic mass is 10.1. The van der Waals surface area contributed by atoms with Gasteiger partial charge in [-0.15, -0.1) is 17.9 Å². The number of amides is 1. The Morgan fingerprint density at radius 1 is 1.23 bits per heavy atom. The van der Waals surface area contributed by atoms with Gasteiger partial charge in [0.2, 0.25) is 11.9 Å². The van der Waals surface area contributed by atoms with E-state index in [2.05, 4.69) is 21.3 Å². The topological polar surface area (TPSA) is 89.8 Å². The Morgan fingerprint density at radius 2 is 2.06 bits per heavy atom. The fourth-order valence-electron chi connectivity index (χ4n) is 4.28. The molecule has 35 heavy (non-hydrogen) atoms. The van der Waals surface area contributed by atoms with Crippen molar-refractivity contribution in [1.82, 2.24) is 18.9 Å². The first kappa shape index (κ1) is 23.9. The molecule has 0 fully saturated rings. The van der Waals surface area contributed by atoms with Gasteiger partial charge in [-0.1, -0.05) is 48.5 Å². The first-order valence-corrected chi connectivity index (χ1v) is 14.1. The predicted octanol–water partition coefficient (Wildman–Crippen LogP) is 5.47. The largest absolute Gasteiger partial charge is 0.293 e. The van der Waals surface area contributed by atoms with E-state index in [4.69, 9.17) is 4.98 Å². The standard InChI is InChI=1S/C25H25N5O2S3/c1-3-13-30-23(32)20-17-11-5-4-6-12-18(17)34-22(20)28-25(30)33-14-19(31)26-24-27-21(35-29-24)16-10-8-7-9-15(16)2/h3,7-10H,1,4-6,11-14H2,2H3,(H,26,29,31). The fraction of sp³-hybridized carbons (Fsp3) is 0.320. The van der Waals surface area contributed by atoms with Gasteiger partial charge >= 0.3 is 0 Å². The zero-order chi connectivity index (χ0) is 24.4. The van der Waals surface area contributed by atoms with Crippen LogP contribution in [0, 0.1) is 6.92 Å². The molecule has 0 bridgehead atoms. The van der Waals surface area contributed by atoms with Gasteiger partial charge in [0.05, 0.1) is 11.1 Å². The quantitative estimate of drug-likeness (QED) is 0.150. The number of benzene rings is 1. The molecule has 0 radical (unpaired) electrons. The van der Waals surface area contributed by atoms with E-state index in [0.29, 0.717) is 11.7 Å². The maximum Gasteiger partial charge on any atom is 0.263 e. The number of fused-ring (bicyclic) bond motifs is 3. The van der Waals surface area contributed by atoms with Crippen molar-refractivity contribution >= 4 is 56.7 Å². The van der Waals surface area contributed by atoms with Gasteiger partial charge in [-0.2, -0.15) is 9.36 Å².